The van der Waals surface area contributed by atoms with E-state index in [1.54, 1.807) is 12.1 Å². The molecule has 2 N–H and O–H groups in total. The van der Waals surface area contributed by atoms with Crippen molar-refractivity contribution in [2.45, 2.75) is 24.7 Å². The number of para-hydroxylation sites is 1. The number of benzene rings is 2. The predicted molar refractivity (Wildman–Crippen MR) is 101 cm³/mol. The molecule has 0 spiro atoms. The standard InChI is InChI=1S/C17H18Cl2N2O3S/c1-11(2)13-5-3-4-6-16(13)21(10-17(20)22)25(23,24)12-7-8-14(18)15(19)9-12/h3-9,11H,10H2,1-2H3,(H2,20,22). The SMILES string of the molecule is CC(C)c1ccccc1N(CC(N)=O)S(=O)(=O)c1ccc(Cl)c(Cl)c1. The minimum atomic E-state index is -4.06. The van der Waals surface area contributed by atoms with E-state index in [0.29, 0.717) is 5.69 Å². The van der Waals surface area contributed by atoms with E-state index in [-0.39, 0.29) is 20.9 Å². The summed E-state index contributed by atoms with van der Waals surface area (Å²) in [6.45, 7) is 3.40. The average molecular weight is 401 g/mol. The summed E-state index contributed by atoms with van der Waals surface area (Å²) in [5.41, 5.74) is 6.48. The van der Waals surface area contributed by atoms with E-state index in [4.69, 9.17) is 28.9 Å². The minimum absolute atomic E-state index is 0.0515. The van der Waals surface area contributed by atoms with E-state index < -0.39 is 22.5 Å². The van der Waals surface area contributed by atoms with Crippen molar-refractivity contribution in [3.05, 3.63) is 58.1 Å². The van der Waals surface area contributed by atoms with Crippen LogP contribution in [0.1, 0.15) is 25.3 Å². The molecule has 0 fully saturated rings. The van der Waals surface area contributed by atoms with Crippen molar-refractivity contribution in [2.24, 2.45) is 5.73 Å². The van der Waals surface area contributed by atoms with Gasteiger partial charge in [0.15, 0.2) is 0 Å². The van der Waals surface area contributed by atoms with Crippen LogP contribution in [-0.2, 0) is 14.8 Å². The Morgan fingerprint density at radius 2 is 1.76 bits per heavy atom. The van der Waals surface area contributed by atoms with E-state index in [9.17, 15) is 13.2 Å². The highest BCUT2D eigenvalue weighted by Gasteiger charge is 2.29. The fourth-order valence-corrected chi connectivity index (χ4v) is 4.26. The number of nitrogens with zero attached hydrogens (tertiary/aromatic N) is 1. The van der Waals surface area contributed by atoms with Crippen LogP contribution in [0.4, 0.5) is 5.69 Å². The van der Waals surface area contributed by atoms with Gasteiger partial charge < -0.3 is 5.73 Å². The first-order valence-corrected chi connectivity index (χ1v) is 9.69. The number of sulfonamides is 1. The Morgan fingerprint density at radius 3 is 2.32 bits per heavy atom. The van der Waals surface area contributed by atoms with E-state index in [1.165, 1.54) is 18.2 Å². The minimum Gasteiger partial charge on any atom is -0.368 e. The number of halogens is 2. The highest BCUT2D eigenvalue weighted by molar-refractivity contribution is 7.92. The average Bonchev–Trinajstić information content (AvgIpc) is 2.54. The number of rotatable bonds is 6. The number of hydrogen-bond donors (Lipinski definition) is 1. The molecule has 0 saturated heterocycles. The lowest BCUT2D eigenvalue weighted by Gasteiger charge is -2.26. The van der Waals surface area contributed by atoms with Gasteiger partial charge in [-0.15, -0.1) is 0 Å². The van der Waals surface area contributed by atoms with Gasteiger partial charge in [-0.05, 0) is 35.7 Å². The van der Waals surface area contributed by atoms with E-state index in [2.05, 4.69) is 0 Å². The van der Waals surface area contributed by atoms with Gasteiger partial charge in [-0.2, -0.15) is 0 Å². The van der Waals surface area contributed by atoms with Crippen molar-refractivity contribution < 1.29 is 13.2 Å². The first-order chi connectivity index (χ1) is 11.6. The number of amides is 1. The Hall–Kier alpha value is -1.76. The van der Waals surface area contributed by atoms with Gasteiger partial charge in [0.2, 0.25) is 5.91 Å². The molecular formula is C17H18Cl2N2O3S. The highest BCUT2D eigenvalue weighted by Crippen LogP contribution is 2.33. The predicted octanol–water partition coefficient (Wildman–Crippen LogP) is 3.80. The summed E-state index contributed by atoms with van der Waals surface area (Å²) in [5, 5.41) is 0.351. The number of carbonyl (C=O) groups is 1. The maximum Gasteiger partial charge on any atom is 0.264 e. The Morgan fingerprint density at radius 1 is 1.12 bits per heavy atom. The molecule has 0 atom stereocenters. The Kier molecular flexibility index (Phi) is 5.98. The number of primary amides is 1. The molecule has 0 heterocycles. The molecule has 0 radical (unpaired) electrons. The Bertz CT molecular complexity index is 899. The van der Waals surface area contributed by atoms with Gasteiger partial charge in [-0.1, -0.05) is 55.2 Å². The van der Waals surface area contributed by atoms with Crippen molar-refractivity contribution >= 4 is 44.8 Å². The van der Waals surface area contributed by atoms with Crippen molar-refractivity contribution in [3.8, 4) is 0 Å². The Balaban J connectivity index is 2.65. The van der Waals surface area contributed by atoms with Gasteiger partial charge in [-0.25, -0.2) is 8.42 Å². The van der Waals surface area contributed by atoms with E-state index >= 15 is 0 Å². The maximum absolute atomic E-state index is 13.1. The van der Waals surface area contributed by atoms with Gasteiger partial charge in [0.25, 0.3) is 10.0 Å². The number of carbonyl (C=O) groups excluding carboxylic acids is 1. The molecule has 0 unspecified atom stereocenters. The number of hydrogen-bond acceptors (Lipinski definition) is 3. The first-order valence-electron chi connectivity index (χ1n) is 7.49. The van der Waals surface area contributed by atoms with Crippen LogP contribution in [0.15, 0.2) is 47.4 Å². The summed E-state index contributed by atoms with van der Waals surface area (Å²) in [6, 6.07) is 11.0. The van der Waals surface area contributed by atoms with Crippen molar-refractivity contribution in [3.63, 3.8) is 0 Å². The molecule has 2 aromatic rings. The molecule has 0 aromatic heterocycles. The van der Waals surface area contributed by atoms with Crippen LogP contribution in [0.2, 0.25) is 10.0 Å². The van der Waals surface area contributed by atoms with Crippen LogP contribution in [-0.4, -0.2) is 20.9 Å². The van der Waals surface area contributed by atoms with Crippen molar-refractivity contribution in [1.29, 1.82) is 0 Å². The third kappa shape index (κ3) is 4.26. The van der Waals surface area contributed by atoms with Crippen LogP contribution in [0.25, 0.3) is 0 Å². The lowest BCUT2D eigenvalue weighted by Crippen LogP contribution is -2.39. The van der Waals surface area contributed by atoms with Gasteiger partial charge in [0.1, 0.15) is 6.54 Å². The summed E-state index contributed by atoms with van der Waals surface area (Å²) in [5.74, 6) is -0.710. The van der Waals surface area contributed by atoms with Gasteiger partial charge in [0, 0.05) is 0 Å². The van der Waals surface area contributed by atoms with Gasteiger partial charge >= 0.3 is 0 Å². The first kappa shape index (κ1) is 19.6. The lowest BCUT2D eigenvalue weighted by atomic mass is 10.0. The zero-order valence-electron chi connectivity index (χ0n) is 13.7. The van der Waals surface area contributed by atoms with Crippen LogP contribution < -0.4 is 10.0 Å². The Labute approximate surface area is 157 Å². The second-order valence-corrected chi connectivity index (χ2v) is 8.44. The second-order valence-electron chi connectivity index (χ2n) is 5.77. The van der Waals surface area contributed by atoms with E-state index in [1.807, 2.05) is 26.0 Å². The van der Waals surface area contributed by atoms with Crippen LogP contribution in [0, 0.1) is 0 Å². The molecule has 0 aliphatic carbocycles. The van der Waals surface area contributed by atoms with Crippen molar-refractivity contribution in [2.75, 3.05) is 10.8 Å². The topological polar surface area (TPSA) is 80.5 Å². The highest BCUT2D eigenvalue weighted by atomic mass is 35.5. The zero-order chi connectivity index (χ0) is 18.8. The summed E-state index contributed by atoms with van der Waals surface area (Å²) in [4.78, 5) is 11.5. The quantitative estimate of drug-likeness (QED) is 0.800. The summed E-state index contributed by atoms with van der Waals surface area (Å²) in [7, 11) is -4.06. The molecule has 0 aliphatic heterocycles. The molecule has 134 valence electrons. The summed E-state index contributed by atoms with van der Waals surface area (Å²) in [6.07, 6.45) is 0. The molecule has 0 aliphatic rings. The number of nitrogens with two attached hydrogens (primary N) is 1. The van der Waals surface area contributed by atoms with Gasteiger partial charge in [0.05, 0.1) is 20.6 Å². The van der Waals surface area contributed by atoms with E-state index in [0.717, 1.165) is 9.87 Å². The molecule has 25 heavy (non-hydrogen) atoms. The fraction of sp³-hybridized carbons (Fsp3) is 0.235. The zero-order valence-corrected chi connectivity index (χ0v) is 16.1. The van der Waals surface area contributed by atoms with Crippen LogP contribution >= 0.6 is 23.2 Å². The molecule has 1 amide bonds. The summed E-state index contributed by atoms with van der Waals surface area (Å²) >= 11 is 11.8. The molecule has 8 heteroatoms. The van der Waals surface area contributed by atoms with Crippen LogP contribution in [0.3, 0.4) is 0 Å². The lowest BCUT2D eigenvalue weighted by molar-refractivity contribution is -0.116. The third-order valence-electron chi connectivity index (χ3n) is 3.61. The number of anilines is 1. The van der Waals surface area contributed by atoms with Gasteiger partial charge in [-0.3, -0.25) is 9.10 Å². The fourth-order valence-electron chi connectivity index (χ4n) is 2.41. The molecule has 5 nitrogen and oxygen atoms in total. The smallest absolute Gasteiger partial charge is 0.264 e. The van der Waals surface area contributed by atoms with Crippen LogP contribution in [0.5, 0.6) is 0 Å². The van der Waals surface area contributed by atoms with Crippen molar-refractivity contribution in [1.82, 2.24) is 0 Å². The summed E-state index contributed by atoms with van der Waals surface area (Å²) < 4.78 is 27.3. The second kappa shape index (κ2) is 7.64. The molecule has 2 aromatic carbocycles. The normalized spacial score (nSPS) is 11.6. The third-order valence-corrected chi connectivity index (χ3v) is 6.10. The largest absolute Gasteiger partial charge is 0.368 e. The monoisotopic (exact) mass is 400 g/mol. The molecular weight excluding hydrogens is 383 g/mol. The molecule has 0 saturated carbocycles. The molecule has 0 bridgehead atoms. The molecule has 2 rings (SSSR count). The maximum atomic E-state index is 13.1.